The van der Waals surface area contributed by atoms with E-state index in [1.54, 1.807) is 13.0 Å². The van der Waals surface area contributed by atoms with Crippen LogP contribution in [-0.2, 0) is 0 Å². The van der Waals surface area contributed by atoms with Crippen molar-refractivity contribution in [1.29, 1.82) is 0 Å². The van der Waals surface area contributed by atoms with Gasteiger partial charge < -0.3 is 10.7 Å². The molecule has 0 aliphatic rings. The number of halogens is 2. The second-order valence-electron chi connectivity index (χ2n) is 3.57. The fourth-order valence-electron chi connectivity index (χ4n) is 1.85. The Labute approximate surface area is 86.1 Å². The Morgan fingerprint density at radius 3 is 2.60 bits per heavy atom. The summed E-state index contributed by atoms with van der Waals surface area (Å²) in [5, 5.41) is 0.780. The Bertz CT molecular complexity index is 476. The molecule has 1 aromatic heterocycles. The van der Waals surface area contributed by atoms with Crippen LogP contribution in [0.15, 0.2) is 24.3 Å². The molecule has 15 heavy (non-hydrogen) atoms. The van der Waals surface area contributed by atoms with Gasteiger partial charge in [0.2, 0.25) is 0 Å². The molecule has 2 rings (SSSR count). The summed E-state index contributed by atoms with van der Waals surface area (Å²) in [5.74, 6) is 0. The first-order valence-electron chi connectivity index (χ1n) is 4.72. The van der Waals surface area contributed by atoms with E-state index >= 15 is 0 Å². The molecule has 0 unspecified atom stereocenters. The van der Waals surface area contributed by atoms with Gasteiger partial charge >= 0.3 is 0 Å². The highest BCUT2D eigenvalue weighted by Gasteiger charge is 2.22. The quantitative estimate of drug-likeness (QED) is 0.786. The van der Waals surface area contributed by atoms with E-state index in [1.165, 1.54) is 0 Å². The molecule has 1 atom stereocenters. The maximum atomic E-state index is 12.6. The van der Waals surface area contributed by atoms with Crippen LogP contribution >= 0.6 is 0 Å². The van der Waals surface area contributed by atoms with E-state index in [1.807, 2.05) is 18.2 Å². The van der Waals surface area contributed by atoms with E-state index in [0.717, 1.165) is 10.9 Å². The van der Waals surface area contributed by atoms with Crippen LogP contribution in [0.1, 0.15) is 17.3 Å². The summed E-state index contributed by atoms with van der Waals surface area (Å²) in [5.41, 5.74) is 7.55. The molecule has 0 radical (unpaired) electrons. The molecule has 80 valence electrons. The van der Waals surface area contributed by atoms with E-state index in [-0.39, 0.29) is 0 Å². The standard InChI is InChI=1S/C11H12F2N2/c1-6-9(10(14)11(12)13)7-4-2-3-5-8(7)15-6/h2-5,10-11,15H,14H2,1H3/t10-/m0/s1. The fraction of sp³-hybridized carbons (Fsp3) is 0.273. The molecule has 0 bridgehead atoms. The summed E-state index contributed by atoms with van der Waals surface area (Å²) < 4.78 is 25.1. The fourth-order valence-corrected chi connectivity index (χ4v) is 1.85. The van der Waals surface area contributed by atoms with Gasteiger partial charge in [-0.15, -0.1) is 0 Å². The number of hydrogen-bond donors (Lipinski definition) is 2. The minimum atomic E-state index is -2.54. The van der Waals surface area contributed by atoms with Gasteiger partial charge in [0.15, 0.2) is 0 Å². The number of aryl methyl sites for hydroxylation is 1. The highest BCUT2D eigenvalue weighted by atomic mass is 19.3. The number of rotatable bonds is 2. The van der Waals surface area contributed by atoms with Crippen molar-refractivity contribution >= 4 is 10.9 Å². The van der Waals surface area contributed by atoms with Crippen molar-refractivity contribution in [2.24, 2.45) is 5.73 Å². The van der Waals surface area contributed by atoms with E-state index in [0.29, 0.717) is 11.3 Å². The van der Waals surface area contributed by atoms with Crippen LogP contribution in [0.3, 0.4) is 0 Å². The maximum Gasteiger partial charge on any atom is 0.257 e. The molecule has 2 nitrogen and oxygen atoms in total. The number of H-pyrrole nitrogens is 1. The van der Waals surface area contributed by atoms with Crippen LogP contribution in [0.2, 0.25) is 0 Å². The van der Waals surface area contributed by atoms with Crippen molar-refractivity contribution in [3.63, 3.8) is 0 Å². The monoisotopic (exact) mass is 210 g/mol. The molecule has 1 heterocycles. The normalized spacial score (nSPS) is 13.7. The number of alkyl halides is 2. The minimum absolute atomic E-state index is 0.514. The van der Waals surface area contributed by atoms with Crippen LogP contribution in [0.25, 0.3) is 10.9 Å². The molecule has 0 aliphatic heterocycles. The second-order valence-corrected chi connectivity index (χ2v) is 3.57. The average molecular weight is 210 g/mol. The number of aromatic nitrogens is 1. The third-order valence-electron chi connectivity index (χ3n) is 2.55. The third-order valence-corrected chi connectivity index (χ3v) is 2.55. The van der Waals surface area contributed by atoms with Crippen LogP contribution in [0.5, 0.6) is 0 Å². The zero-order valence-electron chi connectivity index (χ0n) is 8.30. The Morgan fingerprint density at radius 2 is 1.93 bits per heavy atom. The van der Waals surface area contributed by atoms with E-state index in [2.05, 4.69) is 4.98 Å². The van der Waals surface area contributed by atoms with Crippen molar-refractivity contribution in [1.82, 2.24) is 4.98 Å². The molecule has 0 spiro atoms. The number of para-hydroxylation sites is 1. The van der Waals surface area contributed by atoms with Crippen molar-refractivity contribution in [3.05, 3.63) is 35.5 Å². The molecular weight excluding hydrogens is 198 g/mol. The second kappa shape index (κ2) is 3.62. The molecule has 0 saturated carbocycles. The topological polar surface area (TPSA) is 41.8 Å². The lowest BCUT2D eigenvalue weighted by molar-refractivity contribution is 0.116. The maximum absolute atomic E-state index is 12.6. The Kier molecular flexibility index (Phi) is 2.44. The SMILES string of the molecule is Cc1[nH]c2ccccc2c1[C@H](N)C(F)F. The molecule has 3 N–H and O–H groups in total. The summed E-state index contributed by atoms with van der Waals surface area (Å²) in [6.07, 6.45) is -2.54. The predicted octanol–water partition coefficient (Wildman–Crippen LogP) is 2.74. The number of fused-ring (bicyclic) bond motifs is 1. The van der Waals surface area contributed by atoms with Gasteiger partial charge in [-0.2, -0.15) is 0 Å². The van der Waals surface area contributed by atoms with Gasteiger partial charge in [0.25, 0.3) is 6.43 Å². The number of aromatic amines is 1. The number of nitrogens with two attached hydrogens (primary N) is 1. The highest BCUT2D eigenvalue weighted by molar-refractivity contribution is 5.85. The molecule has 4 heteroatoms. The van der Waals surface area contributed by atoms with Crippen LogP contribution in [-0.4, -0.2) is 11.4 Å². The molecule has 2 aromatic rings. The molecular formula is C11H12F2N2. The predicted molar refractivity (Wildman–Crippen MR) is 56.0 cm³/mol. The Hall–Kier alpha value is -1.42. The largest absolute Gasteiger partial charge is 0.358 e. The highest BCUT2D eigenvalue weighted by Crippen LogP contribution is 2.29. The summed E-state index contributed by atoms with van der Waals surface area (Å²) in [7, 11) is 0. The summed E-state index contributed by atoms with van der Waals surface area (Å²) in [6, 6.07) is 6.11. The van der Waals surface area contributed by atoms with Gasteiger partial charge in [0.05, 0.1) is 6.04 Å². The summed E-state index contributed by atoms with van der Waals surface area (Å²) in [6.45, 7) is 1.76. The first-order chi connectivity index (χ1) is 7.11. The van der Waals surface area contributed by atoms with Crippen LogP contribution in [0, 0.1) is 6.92 Å². The van der Waals surface area contributed by atoms with Gasteiger partial charge in [-0.1, -0.05) is 18.2 Å². The summed E-state index contributed by atoms with van der Waals surface area (Å²) >= 11 is 0. The lowest BCUT2D eigenvalue weighted by Crippen LogP contribution is -2.19. The Balaban J connectivity index is 2.63. The third kappa shape index (κ3) is 1.61. The zero-order chi connectivity index (χ0) is 11.0. The van der Waals surface area contributed by atoms with Gasteiger partial charge in [-0.05, 0) is 13.0 Å². The lowest BCUT2D eigenvalue weighted by atomic mass is 10.0. The van der Waals surface area contributed by atoms with E-state index in [4.69, 9.17) is 5.73 Å². The number of nitrogens with one attached hydrogen (secondary N) is 1. The van der Waals surface area contributed by atoms with E-state index < -0.39 is 12.5 Å². The van der Waals surface area contributed by atoms with Gasteiger partial charge in [0.1, 0.15) is 0 Å². The first kappa shape index (κ1) is 10.1. The van der Waals surface area contributed by atoms with E-state index in [9.17, 15) is 8.78 Å². The smallest absolute Gasteiger partial charge is 0.257 e. The molecule has 0 saturated heterocycles. The number of benzene rings is 1. The molecule has 0 aliphatic carbocycles. The Morgan fingerprint density at radius 1 is 1.27 bits per heavy atom. The molecule has 0 amide bonds. The molecule has 0 fully saturated rings. The van der Waals surface area contributed by atoms with Crippen LogP contribution in [0.4, 0.5) is 8.78 Å². The van der Waals surface area contributed by atoms with Gasteiger partial charge in [-0.25, -0.2) is 8.78 Å². The first-order valence-corrected chi connectivity index (χ1v) is 4.72. The summed E-state index contributed by atoms with van der Waals surface area (Å²) in [4.78, 5) is 3.05. The average Bonchev–Trinajstić information content (AvgIpc) is 2.52. The zero-order valence-corrected chi connectivity index (χ0v) is 8.30. The van der Waals surface area contributed by atoms with Crippen molar-refractivity contribution in [2.75, 3.05) is 0 Å². The van der Waals surface area contributed by atoms with Crippen molar-refractivity contribution in [2.45, 2.75) is 19.4 Å². The lowest BCUT2D eigenvalue weighted by Gasteiger charge is -2.10. The van der Waals surface area contributed by atoms with Crippen molar-refractivity contribution < 1.29 is 8.78 Å². The van der Waals surface area contributed by atoms with Crippen LogP contribution < -0.4 is 5.73 Å². The molecule has 1 aromatic carbocycles. The minimum Gasteiger partial charge on any atom is -0.358 e. The van der Waals surface area contributed by atoms with Gasteiger partial charge in [0, 0.05) is 22.2 Å². The van der Waals surface area contributed by atoms with Crippen molar-refractivity contribution in [3.8, 4) is 0 Å². The van der Waals surface area contributed by atoms with Gasteiger partial charge in [-0.3, -0.25) is 0 Å². The number of hydrogen-bond acceptors (Lipinski definition) is 1.